The van der Waals surface area contributed by atoms with Crippen LogP contribution in [0.1, 0.15) is 13.3 Å². The number of hydrogen-bond donors (Lipinski definition) is 2. The zero-order chi connectivity index (χ0) is 19.6. The average molecular weight is 434 g/mol. The van der Waals surface area contributed by atoms with Crippen molar-refractivity contribution in [3.8, 4) is 0 Å². The molecule has 2 N–H and O–H groups in total. The second kappa shape index (κ2) is 7.87. The molecule has 6 nitrogen and oxygen atoms in total. The second-order valence-electron chi connectivity index (χ2n) is 6.22. The van der Waals surface area contributed by atoms with Crippen LogP contribution in [0.5, 0.6) is 0 Å². The van der Waals surface area contributed by atoms with E-state index in [9.17, 15) is 18.8 Å². The summed E-state index contributed by atoms with van der Waals surface area (Å²) in [7, 11) is 0. The number of anilines is 3. The third kappa shape index (κ3) is 4.33. The van der Waals surface area contributed by atoms with Crippen LogP contribution in [-0.4, -0.2) is 24.3 Å². The van der Waals surface area contributed by atoms with Gasteiger partial charge in [0.1, 0.15) is 5.82 Å². The summed E-state index contributed by atoms with van der Waals surface area (Å²) in [4.78, 5) is 37.6. The molecule has 3 rings (SSSR count). The predicted octanol–water partition coefficient (Wildman–Crippen LogP) is 3.54. The Morgan fingerprint density at radius 3 is 2.59 bits per heavy atom. The Morgan fingerprint density at radius 1 is 1.15 bits per heavy atom. The molecule has 1 aliphatic rings. The molecule has 140 valence electrons. The number of nitrogens with zero attached hydrogens (tertiary/aromatic N) is 1. The summed E-state index contributed by atoms with van der Waals surface area (Å²) in [6, 6.07) is 11.0. The highest BCUT2D eigenvalue weighted by atomic mass is 79.9. The van der Waals surface area contributed by atoms with Gasteiger partial charge in [-0.2, -0.15) is 0 Å². The van der Waals surface area contributed by atoms with E-state index in [1.54, 1.807) is 30.3 Å². The summed E-state index contributed by atoms with van der Waals surface area (Å²) >= 11 is 3.33. The van der Waals surface area contributed by atoms with Crippen molar-refractivity contribution in [3.63, 3.8) is 0 Å². The maximum atomic E-state index is 14.0. The van der Waals surface area contributed by atoms with Crippen molar-refractivity contribution in [3.05, 3.63) is 52.8 Å². The molecule has 0 spiro atoms. The second-order valence-corrected chi connectivity index (χ2v) is 7.13. The van der Waals surface area contributed by atoms with Crippen LogP contribution in [0.15, 0.2) is 46.9 Å². The standard InChI is InChI=1S/C19H17BrFN3O3/c1-11(25)22-15-7-6-13(20)9-16(15)23-19(27)12-8-18(26)24(10-12)17-5-3-2-4-14(17)21/h2-7,9,12H,8,10H2,1H3,(H,22,25)(H,23,27). The van der Waals surface area contributed by atoms with Gasteiger partial charge in [0.05, 0.1) is 23.0 Å². The summed E-state index contributed by atoms with van der Waals surface area (Å²) in [6.07, 6.45) is -0.0103. The molecule has 2 aromatic carbocycles. The fourth-order valence-electron chi connectivity index (χ4n) is 2.94. The lowest BCUT2D eigenvalue weighted by molar-refractivity contribution is -0.122. The summed E-state index contributed by atoms with van der Waals surface area (Å²) in [5.41, 5.74) is 1.04. The Kier molecular flexibility index (Phi) is 5.55. The number of benzene rings is 2. The Hall–Kier alpha value is -2.74. The Balaban J connectivity index is 1.76. The Labute approximate surface area is 163 Å². The first kappa shape index (κ1) is 19.0. The maximum absolute atomic E-state index is 14.0. The van der Waals surface area contributed by atoms with Crippen LogP contribution in [0.2, 0.25) is 0 Å². The molecule has 1 saturated heterocycles. The zero-order valence-corrected chi connectivity index (χ0v) is 16.0. The van der Waals surface area contributed by atoms with Gasteiger partial charge in [0.15, 0.2) is 0 Å². The van der Waals surface area contributed by atoms with Crippen molar-refractivity contribution in [1.29, 1.82) is 0 Å². The number of nitrogens with one attached hydrogen (secondary N) is 2. The van der Waals surface area contributed by atoms with E-state index in [0.717, 1.165) is 4.47 Å². The molecular formula is C19H17BrFN3O3. The Morgan fingerprint density at radius 2 is 1.89 bits per heavy atom. The quantitative estimate of drug-likeness (QED) is 0.773. The van der Waals surface area contributed by atoms with E-state index >= 15 is 0 Å². The molecule has 2 aromatic rings. The number of amides is 3. The lowest BCUT2D eigenvalue weighted by Gasteiger charge is -2.18. The van der Waals surface area contributed by atoms with Crippen molar-refractivity contribution in [1.82, 2.24) is 0 Å². The highest BCUT2D eigenvalue weighted by Crippen LogP contribution is 2.30. The highest BCUT2D eigenvalue weighted by molar-refractivity contribution is 9.10. The van der Waals surface area contributed by atoms with Gasteiger partial charge < -0.3 is 15.5 Å². The molecule has 0 radical (unpaired) electrons. The molecule has 1 atom stereocenters. The van der Waals surface area contributed by atoms with Crippen LogP contribution in [0.25, 0.3) is 0 Å². The SMILES string of the molecule is CC(=O)Nc1ccc(Br)cc1NC(=O)C1CC(=O)N(c2ccccc2F)C1. The first-order valence-corrected chi connectivity index (χ1v) is 9.07. The number of para-hydroxylation sites is 1. The zero-order valence-electron chi connectivity index (χ0n) is 14.5. The number of carbonyl (C=O) groups excluding carboxylic acids is 3. The van der Waals surface area contributed by atoms with Crippen molar-refractivity contribution in [2.45, 2.75) is 13.3 Å². The number of hydrogen-bond acceptors (Lipinski definition) is 3. The van der Waals surface area contributed by atoms with Gasteiger partial charge in [0.25, 0.3) is 0 Å². The molecule has 1 heterocycles. The molecule has 0 aromatic heterocycles. The third-order valence-corrected chi connectivity index (χ3v) is 4.68. The average Bonchev–Trinajstić information content (AvgIpc) is 2.99. The van der Waals surface area contributed by atoms with Crippen LogP contribution in [0, 0.1) is 11.7 Å². The molecule has 8 heteroatoms. The molecule has 1 unspecified atom stereocenters. The van der Waals surface area contributed by atoms with Gasteiger partial charge in [0, 0.05) is 24.4 Å². The summed E-state index contributed by atoms with van der Waals surface area (Å²) in [5, 5.41) is 5.40. The van der Waals surface area contributed by atoms with Crippen molar-refractivity contribution in [2.24, 2.45) is 5.92 Å². The molecule has 0 saturated carbocycles. The van der Waals surface area contributed by atoms with Gasteiger partial charge in [-0.3, -0.25) is 14.4 Å². The van der Waals surface area contributed by atoms with Gasteiger partial charge in [0.2, 0.25) is 17.7 Å². The van der Waals surface area contributed by atoms with Crippen LogP contribution >= 0.6 is 15.9 Å². The van der Waals surface area contributed by atoms with E-state index in [4.69, 9.17) is 0 Å². The van der Waals surface area contributed by atoms with E-state index in [-0.39, 0.29) is 36.4 Å². The monoisotopic (exact) mass is 433 g/mol. The molecule has 3 amide bonds. The minimum Gasteiger partial charge on any atom is -0.325 e. The van der Waals surface area contributed by atoms with Gasteiger partial charge >= 0.3 is 0 Å². The van der Waals surface area contributed by atoms with Crippen molar-refractivity contribution in [2.75, 3.05) is 22.1 Å². The smallest absolute Gasteiger partial charge is 0.229 e. The van der Waals surface area contributed by atoms with Gasteiger partial charge in [-0.05, 0) is 30.3 Å². The number of rotatable bonds is 4. The van der Waals surface area contributed by atoms with Crippen LogP contribution < -0.4 is 15.5 Å². The van der Waals surface area contributed by atoms with E-state index in [2.05, 4.69) is 26.6 Å². The highest BCUT2D eigenvalue weighted by Gasteiger charge is 2.36. The Bertz CT molecular complexity index is 919. The lowest BCUT2D eigenvalue weighted by Crippen LogP contribution is -2.29. The first-order valence-electron chi connectivity index (χ1n) is 8.28. The van der Waals surface area contributed by atoms with E-state index < -0.39 is 11.7 Å². The van der Waals surface area contributed by atoms with E-state index in [1.807, 2.05) is 0 Å². The fraction of sp³-hybridized carbons (Fsp3) is 0.211. The number of halogens is 2. The van der Waals surface area contributed by atoms with Crippen molar-refractivity contribution < 1.29 is 18.8 Å². The summed E-state index contributed by atoms with van der Waals surface area (Å²) < 4.78 is 14.7. The predicted molar refractivity (Wildman–Crippen MR) is 104 cm³/mol. The van der Waals surface area contributed by atoms with Crippen LogP contribution in [-0.2, 0) is 14.4 Å². The molecule has 0 bridgehead atoms. The summed E-state index contributed by atoms with van der Waals surface area (Å²) in [5.74, 6) is -2.08. The van der Waals surface area contributed by atoms with Crippen molar-refractivity contribution >= 4 is 50.7 Å². The van der Waals surface area contributed by atoms with E-state index in [1.165, 1.54) is 24.0 Å². The van der Waals surface area contributed by atoms with Gasteiger partial charge in [-0.15, -0.1) is 0 Å². The van der Waals surface area contributed by atoms with Crippen LogP contribution in [0.3, 0.4) is 0 Å². The number of carbonyl (C=O) groups is 3. The van der Waals surface area contributed by atoms with E-state index in [0.29, 0.717) is 11.4 Å². The molecular weight excluding hydrogens is 417 g/mol. The third-order valence-electron chi connectivity index (χ3n) is 4.19. The topological polar surface area (TPSA) is 78.5 Å². The molecule has 27 heavy (non-hydrogen) atoms. The summed E-state index contributed by atoms with van der Waals surface area (Å²) in [6.45, 7) is 1.46. The minimum atomic E-state index is -0.624. The van der Waals surface area contributed by atoms with Gasteiger partial charge in [-0.25, -0.2) is 4.39 Å². The van der Waals surface area contributed by atoms with Gasteiger partial charge in [-0.1, -0.05) is 28.1 Å². The molecule has 1 fully saturated rings. The fourth-order valence-corrected chi connectivity index (χ4v) is 3.30. The van der Waals surface area contributed by atoms with Crippen LogP contribution in [0.4, 0.5) is 21.5 Å². The molecule has 0 aliphatic carbocycles. The first-order chi connectivity index (χ1) is 12.8. The normalized spacial score (nSPS) is 16.3. The lowest BCUT2D eigenvalue weighted by atomic mass is 10.1. The maximum Gasteiger partial charge on any atom is 0.229 e. The minimum absolute atomic E-state index is 0.0103. The largest absolute Gasteiger partial charge is 0.325 e. The molecule has 1 aliphatic heterocycles.